The number of hydroxylamine groups is 1. The molecule has 14 heavy (non-hydrogen) atoms. The number of hydrogen-bond acceptors (Lipinski definition) is 4. The summed E-state index contributed by atoms with van der Waals surface area (Å²) in [5, 5.41) is 0. The summed E-state index contributed by atoms with van der Waals surface area (Å²) in [6, 6.07) is 0.873. The summed E-state index contributed by atoms with van der Waals surface area (Å²) in [6.07, 6.45) is 1.97. The predicted molar refractivity (Wildman–Crippen MR) is 46.2 cm³/mol. The van der Waals surface area contributed by atoms with Gasteiger partial charge in [-0.15, -0.1) is 0 Å². The van der Waals surface area contributed by atoms with Crippen LogP contribution in [0.2, 0.25) is 0 Å². The van der Waals surface area contributed by atoms with Crippen LogP contribution >= 0.6 is 0 Å². The number of sulfonamides is 1. The average molecular weight is 220 g/mol. The minimum Gasteiger partial charge on any atom is -0.288 e. The molecule has 0 saturated heterocycles. The molecule has 0 atom stereocenters. The van der Waals surface area contributed by atoms with E-state index in [2.05, 4.69) is 9.82 Å². The zero-order valence-corrected chi connectivity index (χ0v) is 8.45. The van der Waals surface area contributed by atoms with Crippen LogP contribution in [0.4, 0.5) is 4.39 Å². The van der Waals surface area contributed by atoms with E-state index >= 15 is 0 Å². The molecule has 0 unspecified atom stereocenters. The van der Waals surface area contributed by atoms with Gasteiger partial charge in [-0.3, -0.25) is 9.82 Å². The topological polar surface area (TPSA) is 59.5 Å². The zero-order chi connectivity index (χ0) is 10.8. The second kappa shape index (κ2) is 3.99. The molecule has 0 saturated carbocycles. The molecule has 1 rings (SSSR count). The van der Waals surface area contributed by atoms with E-state index < -0.39 is 15.8 Å². The van der Waals surface area contributed by atoms with Crippen molar-refractivity contribution in [2.24, 2.45) is 0 Å². The van der Waals surface area contributed by atoms with Crippen LogP contribution in [-0.4, -0.2) is 32.0 Å². The highest BCUT2D eigenvalue weighted by Crippen LogP contribution is 2.13. The van der Waals surface area contributed by atoms with Gasteiger partial charge in [-0.1, -0.05) is 4.47 Å². The Labute approximate surface area is 81.1 Å². The molecule has 0 spiro atoms. The summed E-state index contributed by atoms with van der Waals surface area (Å²) < 4.78 is 36.3. The maximum Gasteiger partial charge on any atom is 0.266 e. The van der Waals surface area contributed by atoms with Crippen molar-refractivity contribution in [2.45, 2.75) is 4.90 Å². The first-order valence-corrected chi connectivity index (χ1v) is 5.06. The molecule has 1 aromatic rings. The van der Waals surface area contributed by atoms with Crippen molar-refractivity contribution in [3.63, 3.8) is 0 Å². The summed E-state index contributed by atoms with van der Waals surface area (Å²) in [6.45, 7) is 0. The van der Waals surface area contributed by atoms with E-state index in [4.69, 9.17) is 0 Å². The molecule has 0 radical (unpaired) electrons. The van der Waals surface area contributed by atoms with Gasteiger partial charge in [-0.05, 0) is 6.07 Å². The van der Waals surface area contributed by atoms with Gasteiger partial charge in [0.25, 0.3) is 10.0 Å². The summed E-state index contributed by atoms with van der Waals surface area (Å²) >= 11 is 0. The van der Waals surface area contributed by atoms with E-state index in [9.17, 15) is 12.8 Å². The predicted octanol–water partition coefficient (Wildman–Crippen LogP) is 0.403. The number of halogens is 1. The SMILES string of the molecule is CON(C)S(=O)(=O)c1cncc(F)c1. The second-order valence-electron chi connectivity index (χ2n) is 2.44. The maximum absolute atomic E-state index is 12.7. The highest BCUT2D eigenvalue weighted by Gasteiger charge is 2.21. The summed E-state index contributed by atoms with van der Waals surface area (Å²) in [4.78, 5) is 7.69. The largest absolute Gasteiger partial charge is 0.288 e. The fourth-order valence-electron chi connectivity index (χ4n) is 0.780. The Bertz CT molecular complexity index is 421. The van der Waals surface area contributed by atoms with Crippen LogP contribution in [0, 0.1) is 5.82 Å². The third-order valence-electron chi connectivity index (χ3n) is 1.57. The van der Waals surface area contributed by atoms with Crippen LogP contribution in [0.25, 0.3) is 0 Å². The molecule has 0 amide bonds. The molecule has 1 heterocycles. The van der Waals surface area contributed by atoms with Gasteiger partial charge >= 0.3 is 0 Å². The van der Waals surface area contributed by atoms with E-state index in [1.807, 2.05) is 0 Å². The fraction of sp³-hybridized carbons (Fsp3) is 0.286. The zero-order valence-electron chi connectivity index (χ0n) is 7.64. The number of nitrogens with zero attached hydrogens (tertiary/aromatic N) is 2. The lowest BCUT2D eigenvalue weighted by atomic mass is 10.5. The van der Waals surface area contributed by atoms with Crippen molar-refractivity contribution in [1.29, 1.82) is 0 Å². The van der Waals surface area contributed by atoms with Crippen molar-refractivity contribution in [2.75, 3.05) is 14.2 Å². The van der Waals surface area contributed by atoms with Crippen LogP contribution < -0.4 is 0 Å². The molecule has 0 aliphatic rings. The van der Waals surface area contributed by atoms with Gasteiger partial charge in [0.2, 0.25) is 0 Å². The van der Waals surface area contributed by atoms with Crippen molar-refractivity contribution in [1.82, 2.24) is 9.45 Å². The molecule has 0 aliphatic carbocycles. The van der Waals surface area contributed by atoms with Crippen molar-refractivity contribution in [3.8, 4) is 0 Å². The van der Waals surface area contributed by atoms with E-state index in [-0.39, 0.29) is 4.90 Å². The number of hydrogen-bond donors (Lipinski definition) is 0. The molecule has 7 heteroatoms. The van der Waals surface area contributed by atoms with Crippen LogP contribution in [0.15, 0.2) is 23.4 Å². The Kier molecular flexibility index (Phi) is 3.14. The standard InChI is InChI=1S/C7H9FN2O3S/c1-10(13-2)14(11,12)7-3-6(8)4-9-5-7/h3-5H,1-2H3. The number of pyridine rings is 1. The second-order valence-corrected chi connectivity index (χ2v) is 4.37. The Morgan fingerprint density at radius 1 is 1.50 bits per heavy atom. The minimum absolute atomic E-state index is 0.248. The maximum atomic E-state index is 12.7. The van der Waals surface area contributed by atoms with Gasteiger partial charge in [0.05, 0.1) is 13.3 Å². The van der Waals surface area contributed by atoms with Crippen LogP contribution in [-0.2, 0) is 14.9 Å². The van der Waals surface area contributed by atoms with Gasteiger partial charge < -0.3 is 0 Å². The van der Waals surface area contributed by atoms with E-state index in [0.717, 1.165) is 18.5 Å². The summed E-state index contributed by atoms with van der Waals surface area (Å²) in [5.41, 5.74) is 0. The molecule has 0 N–H and O–H groups in total. The quantitative estimate of drug-likeness (QED) is 0.692. The van der Waals surface area contributed by atoms with Gasteiger partial charge in [-0.25, -0.2) is 12.8 Å². The van der Waals surface area contributed by atoms with Crippen molar-refractivity contribution in [3.05, 3.63) is 24.3 Å². The molecule has 0 fully saturated rings. The van der Waals surface area contributed by atoms with E-state index in [1.54, 1.807) is 0 Å². The van der Waals surface area contributed by atoms with Gasteiger partial charge in [0.15, 0.2) is 0 Å². The van der Waals surface area contributed by atoms with E-state index in [0.29, 0.717) is 4.47 Å². The smallest absolute Gasteiger partial charge is 0.266 e. The van der Waals surface area contributed by atoms with E-state index in [1.165, 1.54) is 14.2 Å². The normalized spacial score (nSPS) is 12.0. The van der Waals surface area contributed by atoms with Gasteiger partial charge in [0.1, 0.15) is 10.7 Å². The molecule has 0 bridgehead atoms. The first-order valence-electron chi connectivity index (χ1n) is 3.62. The Morgan fingerprint density at radius 3 is 2.64 bits per heavy atom. The highest BCUT2D eigenvalue weighted by atomic mass is 32.2. The molecule has 5 nitrogen and oxygen atoms in total. The van der Waals surface area contributed by atoms with Gasteiger partial charge in [-0.2, -0.15) is 0 Å². The molecular formula is C7H9FN2O3S. The molecular weight excluding hydrogens is 211 g/mol. The van der Waals surface area contributed by atoms with Gasteiger partial charge in [0, 0.05) is 13.2 Å². The lowest BCUT2D eigenvalue weighted by Crippen LogP contribution is -2.25. The fourth-order valence-corrected chi connectivity index (χ4v) is 1.73. The van der Waals surface area contributed by atoms with Crippen LogP contribution in [0.3, 0.4) is 0 Å². The average Bonchev–Trinajstić information content (AvgIpc) is 2.16. The molecule has 78 valence electrons. The Morgan fingerprint density at radius 2 is 2.14 bits per heavy atom. The monoisotopic (exact) mass is 220 g/mol. The number of rotatable bonds is 3. The molecule has 0 aromatic carbocycles. The highest BCUT2D eigenvalue weighted by molar-refractivity contribution is 7.89. The lowest BCUT2D eigenvalue weighted by Gasteiger charge is -2.13. The Balaban J connectivity index is 3.17. The Hall–Kier alpha value is -1.05. The third kappa shape index (κ3) is 2.06. The number of aromatic nitrogens is 1. The summed E-state index contributed by atoms with van der Waals surface area (Å²) in [7, 11) is -1.40. The van der Waals surface area contributed by atoms with Crippen molar-refractivity contribution >= 4 is 10.0 Å². The third-order valence-corrected chi connectivity index (χ3v) is 3.22. The molecule has 1 aromatic heterocycles. The minimum atomic E-state index is -3.80. The molecule has 0 aliphatic heterocycles. The van der Waals surface area contributed by atoms with Crippen LogP contribution in [0.5, 0.6) is 0 Å². The summed E-state index contributed by atoms with van der Waals surface area (Å²) in [5.74, 6) is -0.712. The first kappa shape index (κ1) is 11.0. The van der Waals surface area contributed by atoms with Crippen molar-refractivity contribution < 1.29 is 17.6 Å². The first-order chi connectivity index (χ1) is 6.48. The van der Waals surface area contributed by atoms with Crippen LogP contribution in [0.1, 0.15) is 0 Å². The lowest BCUT2D eigenvalue weighted by molar-refractivity contribution is -0.0258.